The van der Waals surface area contributed by atoms with Crippen molar-refractivity contribution in [1.29, 1.82) is 0 Å². The number of aliphatic hydroxyl groups is 1. The van der Waals surface area contributed by atoms with Crippen molar-refractivity contribution in [1.82, 2.24) is 0 Å². The smallest absolute Gasteiger partial charge is 0.339 e. The minimum Gasteiger partial charge on any atom is -0.489 e. The van der Waals surface area contributed by atoms with Gasteiger partial charge in [-0.1, -0.05) is 0 Å². The molecule has 1 atom stereocenters. The van der Waals surface area contributed by atoms with E-state index in [0.29, 0.717) is 30.3 Å². The Bertz CT molecular complexity index is 547. The van der Waals surface area contributed by atoms with E-state index in [9.17, 15) is 9.90 Å². The number of fused-ring (bicyclic) bond motifs is 1. The molecule has 1 saturated carbocycles. The maximum atomic E-state index is 11.5. The molecule has 1 heterocycles. The number of benzene rings is 1. The molecule has 1 fully saturated rings. The van der Waals surface area contributed by atoms with Crippen molar-refractivity contribution in [2.24, 2.45) is 5.41 Å². The Morgan fingerprint density at radius 2 is 1.90 bits per heavy atom. The minimum absolute atomic E-state index is 0.161. The monoisotopic (exact) mass is 278 g/mol. The van der Waals surface area contributed by atoms with Crippen molar-refractivity contribution in [3.05, 3.63) is 23.3 Å². The number of hydrogen-bond donors (Lipinski definition) is 1. The number of rotatable bonds is 2. The zero-order valence-corrected chi connectivity index (χ0v) is 11.6. The summed E-state index contributed by atoms with van der Waals surface area (Å²) in [6, 6.07) is 3.48. The molecule has 1 aliphatic carbocycles. The molecule has 20 heavy (non-hydrogen) atoms. The molecule has 0 bridgehead atoms. The van der Waals surface area contributed by atoms with Crippen molar-refractivity contribution in [2.45, 2.75) is 25.9 Å². The maximum absolute atomic E-state index is 11.5. The van der Waals surface area contributed by atoms with Gasteiger partial charge in [0.05, 0.1) is 20.3 Å². The van der Waals surface area contributed by atoms with Crippen LogP contribution in [0, 0.1) is 12.3 Å². The number of carbonyl (C=O) groups excluding carboxylic acids is 1. The van der Waals surface area contributed by atoms with Gasteiger partial charge in [-0.05, 0) is 43.0 Å². The normalized spacial score (nSPS) is 20.1. The Labute approximate surface area is 117 Å². The lowest BCUT2D eigenvalue weighted by Crippen LogP contribution is -2.17. The van der Waals surface area contributed by atoms with Crippen molar-refractivity contribution >= 4 is 5.97 Å². The van der Waals surface area contributed by atoms with Crippen molar-refractivity contribution in [3.8, 4) is 11.5 Å². The van der Waals surface area contributed by atoms with Crippen LogP contribution in [-0.4, -0.2) is 31.4 Å². The van der Waals surface area contributed by atoms with Crippen LogP contribution in [0.2, 0.25) is 0 Å². The topological polar surface area (TPSA) is 65.0 Å². The van der Waals surface area contributed by atoms with E-state index in [0.717, 1.165) is 18.4 Å². The van der Waals surface area contributed by atoms with Crippen LogP contribution < -0.4 is 9.47 Å². The van der Waals surface area contributed by atoms with E-state index in [1.54, 1.807) is 12.1 Å². The van der Waals surface area contributed by atoms with Crippen LogP contribution in [0.15, 0.2) is 12.1 Å². The summed E-state index contributed by atoms with van der Waals surface area (Å²) >= 11 is 0. The highest BCUT2D eigenvalue weighted by atomic mass is 16.5. The lowest BCUT2D eigenvalue weighted by atomic mass is 10.0. The minimum atomic E-state index is -1.30. The summed E-state index contributed by atoms with van der Waals surface area (Å²) in [5, 5.41) is 9.99. The predicted molar refractivity (Wildman–Crippen MR) is 70.8 cm³/mol. The second kappa shape index (κ2) is 4.66. The highest BCUT2D eigenvalue weighted by Gasteiger charge is 2.46. The molecule has 0 saturated heterocycles. The molecule has 1 N–H and O–H groups in total. The first kappa shape index (κ1) is 13.2. The van der Waals surface area contributed by atoms with Gasteiger partial charge < -0.3 is 19.3 Å². The number of esters is 1. The van der Waals surface area contributed by atoms with E-state index in [4.69, 9.17) is 9.47 Å². The predicted octanol–water partition coefficient (Wildman–Crippen LogP) is 1.75. The lowest BCUT2D eigenvalue weighted by Gasteiger charge is -2.15. The van der Waals surface area contributed by atoms with Gasteiger partial charge in [-0.15, -0.1) is 0 Å². The Morgan fingerprint density at radius 1 is 1.30 bits per heavy atom. The summed E-state index contributed by atoms with van der Waals surface area (Å²) in [6.45, 7) is 3.11. The standard InChI is InChI=1S/C15H18O5/c1-9-5-11-12(6-10(9)13(16)14(17)18-2)20-8-15(3-4-15)7-19-11/h5-6,13,16H,3-4,7-8H2,1-2H3. The summed E-state index contributed by atoms with van der Waals surface area (Å²) in [6.07, 6.45) is 0.946. The molecule has 1 aliphatic heterocycles. The number of aliphatic hydroxyl groups excluding tert-OH is 1. The molecular formula is C15H18O5. The van der Waals surface area contributed by atoms with Crippen molar-refractivity contribution < 1.29 is 24.1 Å². The Balaban J connectivity index is 1.91. The maximum Gasteiger partial charge on any atom is 0.339 e. The van der Waals surface area contributed by atoms with Crippen LogP contribution in [0.25, 0.3) is 0 Å². The number of carbonyl (C=O) groups is 1. The van der Waals surface area contributed by atoms with Gasteiger partial charge >= 0.3 is 5.97 Å². The fraction of sp³-hybridized carbons (Fsp3) is 0.533. The molecule has 5 nitrogen and oxygen atoms in total. The first-order chi connectivity index (χ1) is 9.54. The molecule has 1 spiro atoms. The molecule has 1 aromatic carbocycles. The molecule has 1 unspecified atom stereocenters. The van der Waals surface area contributed by atoms with Crippen LogP contribution in [-0.2, 0) is 9.53 Å². The quantitative estimate of drug-likeness (QED) is 0.835. The summed E-state index contributed by atoms with van der Waals surface area (Å²) < 4.78 is 16.2. The molecule has 1 aromatic rings. The van der Waals surface area contributed by atoms with E-state index in [2.05, 4.69) is 4.74 Å². The number of ether oxygens (including phenoxy) is 3. The molecule has 5 heteroatoms. The summed E-state index contributed by atoms with van der Waals surface area (Å²) in [5.74, 6) is 0.575. The number of methoxy groups -OCH3 is 1. The van der Waals surface area contributed by atoms with Gasteiger partial charge in [0.25, 0.3) is 0 Å². The molecule has 0 amide bonds. The van der Waals surface area contributed by atoms with Crippen LogP contribution in [0.3, 0.4) is 0 Å². The third kappa shape index (κ3) is 2.22. The zero-order chi connectivity index (χ0) is 14.3. The third-order valence-corrected chi connectivity index (χ3v) is 4.08. The van der Waals surface area contributed by atoms with Crippen LogP contribution in [0.1, 0.15) is 30.1 Å². The Hall–Kier alpha value is -1.75. The van der Waals surface area contributed by atoms with Gasteiger partial charge in [-0.2, -0.15) is 0 Å². The molecule has 0 radical (unpaired) electrons. The van der Waals surface area contributed by atoms with Gasteiger partial charge in [-0.3, -0.25) is 0 Å². The zero-order valence-electron chi connectivity index (χ0n) is 11.6. The molecule has 108 valence electrons. The van der Waals surface area contributed by atoms with Crippen molar-refractivity contribution in [2.75, 3.05) is 20.3 Å². The van der Waals surface area contributed by atoms with Gasteiger partial charge in [0.15, 0.2) is 17.6 Å². The highest BCUT2D eigenvalue weighted by molar-refractivity contribution is 5.77. The largest absolute Gasteiger partial charge is 0.489 e. The first-order valence-electron chi connectivity index (χ1n) is 6.71. The van der Waals surface area contributed by atoms with Crippen LogP contribution in [0.4, 0.5) is 0 Å². The van der Waals surface area contributed by atoms with Crippen LogP contribution in [0.5, 0.6) is 11.5 Å². The average molecular weight is 278 g/mol. The van der Waals surface area contributed by atoms with Crippen LogP contribution >= 0.6 is 0 Å². The number of aryl methyl sites for hydroxylation is 1. The average Bonchev–Trinajstić information content (AvgIpc) is 3.24. The van der Waals surface area contributed by atoms with Crippen molar-refractivity contribution in [3.63, 3.8) is 0 Å². The van der Waals surface area contributed by atoms with Gasteiger partial charge in [0.1, 0.15) is 0 Å². The fourth-order valence-electron chi connectivity index (χ4n) is 2.40. The summed E-state index contributed by atoms with van der Waals surface area (Å²) in [5.41, 5.74) is 1.43. The van der Waals surface area contributed by atoms with Gasteiger partial charge in [-0.25, -0.2) is 4.79 Å². The summed E-state index contributed by atoms with van der Waals surface area (Å²) in [7, 11) is 1.25. The first-order valence-corrected chi connectivity index (χ1v) is 6.71. The van der Waals surface area contributed by atoms with Gasteiger partial charge in [0.2, 0.25) is 0 Å². The van der Waals surface area contributed by atoms with Gasteiger partial charge in [0, 0.05) is 5.41 Å². The second-order valence-electron chi connectivity index (χ2n) is 5.66. The molecule has 3 rings (SSSR count). The van der Waals surface area contributed by atoms with E-state index < -0.39 is 12.1 Å². The molecule has 0 aromatic heterocycles. The summed E-state index contributed by atoms with van der Waals surface area (Å²) in [4.78, 5) is 11.5. The number of hydrogen-bond acceptors (Lipinski definition) is 5. The lowest BCUT2D eigenvalue weighted by molar-refractivity contribution is -0.150. The van der Waals surface area contributed by atoms with E-state index in [1.165, 1.54) is 7.11 Å². The van der Waals surface area contributed by atoms with E-state index in [-0.39, 0.29) is 5.41 Å². The third-order valence-electron chi connectivity index (χ3n) is 4.08. The second-order valence-corrected chi connectivity index (χ2v) is 5.66. The van der Waals surface area contributed by atoms with E-state index in [1.807, 2.05) is 6.92 Å². The highest BCUT2D eigenvalue weighted by Crippen LogP contribution is 2.49. The molecule has 2 aliphatic rings. The molecular weight excluding hydrogens is 260 g/mol. The Kier molecular flexibility index (Phi) is 3.09. The van der Waals surface area contributed by atoms with E-state index >= 15 is 0 Å². The Morgan fingerprint density at radius 3 is 2.45 bits per heavy atom. The fourth-order valence-corrected chi connectivity index (χ4v) is 2.40. The SMILES string of the molecule is COC(=O)C(O)c1cc2c(cc1C)OCC1(CC1)CO2.